The Labute approximate surface area is 125 Å². The highest BCUT2D eigenvalue weighted by Crippen LogP contribution is 2.32. The number of methoxy groups -OCH3 is 1. The van der Waals surface area contributed by atoms with Crippen LogP contribution in [0, 0.1) is 0 Å². The first-order valence-electron chi connectivity index (χ1n) is 6.44. The van der Waals surface area contributed by atoms with Gasteiger partial charge in [0.05, 0.1) is 23.5 Å². The first-order valence-corrected chi connectivity index (χ1v) is 9.70. The van der Waals surface area contributed by atoms with E-state index in [1.165, 1.54) is 30.6 Å². The lowest BCUT2D eigenvalue weighted by Gasteiger charge is -2.33. The molecule has 1 aliphatic heterocycles. The van der Waals surface area contributed by atoms with E-state index in [1.807, 2.05) is 0 Å². The van der Waals surface area contributed by atoms with Gasteiger partial charge in [-0.05, 0) is 37.6 Å². The lowest BCUT2D eigenvalue weighted by atomic mass is 10.0. The zero-order chi connectivity index (χ0) is 15.9. The monoisotopic (exact) mass is 333 g/mol. The van der Waals surface area contributed by atoms with Crippen LogP contribution in [0.25, 0.3) is 0 Å². The summed E-state index contributed by atoms with van der Waals surface area (Å²) in [5.41, 5.74) is -0.905. The van der Waals surface area contributed by atoms with Gasteiger partial charge in [-0.25, -0.2) is 16.8 Å². The van der Waals surface area contributed by atoms with Crippen molar-refractivity contribution in [3.63, 3.8) is 0 Å². The summed E-state index contributed by atoms with van der Waals surface area (Å²) in [6, 6.07) is 6.04. The van der Waals surface area contributed by atoms with E-state index in [-0.39, 0.29) is 16.4 Å². The number of ether oxygens (including phenoxy) is 1. The van der Waals surface area contributed by atoms with Gasteiger partial charge in [0.25, 0.3) is 0 Å². The third kappa shape index (κ3) is 3.07. The van der Waals surface area contributed by atoms with Crippen molar-refractivity contribution < 1.29 is 21.6 Å². The molecule has 1 unspecified atom stereocenters. The summed E-state index contributed by atoms with van der Waals surface area (Å²) in [5, 5.41) is 0. The topological polar surface area (TPSA) is 80.8 Å². The molecule has 1 heterocycles. The molecular formula is C13H19NO5S2. The SMILES string of the molecule is COc1ccc(S(=O)(=O)N(C)C2(C)CCS(=O)(=O)C2)cc1. The molecule has 1 aliphatic rings. The predicted octanol–water partition coefficient (Wildman–Crippen LogP) is 0.893. The van der Waals surface area contributed by atoms with Crippen molar-refractivity contribution in [2.45, 2.75) is 23.8 Å². The summed E-state index contributed by atoms with van der Waals surface area (Å²) in [6.07, 6.45) is 0.307. The molecule has 0 radical (unpaired) electrons. The molecule has 21 heavy (non-hydrogen) atoms. The van der Waals surface area contributed by atoms with Crippen molar-refractivity contribution in [1.82, 2.24) is 4.31 Å². The van der Waals surface area contributed by atoms with Gasteiger partial charge in [-0.2, -0.15) is 4.31 Å². The summed E-state index contributed by atoms with van der Waals surface area (Å²) < 4.78 is 54.7. The standard InChI is InChI=1S/C13H19NO5S2/c1-13(8-9-20(15,16)10-13)14(2)21(17,18)12-6-4-11(19-3)5-7-12/h4-7H,8-10H2,1-3H3. The molecule has 0 amide bonds. The Morgan fingerprint density at radius 1 is 1.24 bits per heavy atom. The summed E-state index contributed by atoms with van der Waals surface area (Å²) in [6.45, 7) is 1.67. The van der Waals surface area contributed by atoms with Gasteiger partial charge in [-0.1, -0.05) is 0 Å². The minimum atomic E-state index is -3.74. The maximum Gasteiger partial charge on any atom is 0.243 e. The summed E-state index contributed by atoms with van der Waals surface area (Å²) in [4.78, 5) is 0.122. The molecule has 1 fully saturated rings. The van der Waals surface area contributed by atoms with Crippen LogP contribution in [0.15, 0.2) is 29.2 Å². The second-order valence-corrected chi connectivity index (χ2v) is 9.64. The van der Waals surface area contributed by atoms with Crippen LogP contribution in [-0.2, 0) is 19.9 Å². The molecule has 0 aromatic heterocycles. The molecule has 8 heteroatoms. The molecule has 1 aromatic carbocycles. The molecule has 1 atom stereocenters. The Balaban J connectivity index is 2.34. The van der Waals surface area contributed by atoms with E-state index in [0.29, 0.717) is 12.2 Å². The molecule has 2 rings (SSSR count). The highest BCUT2D eigenvalue weighted by molar-refractivity contribution is 7.92. The molecular weight excluding hydrogens is 314 g/mol. The average molecular weight is 333 g/mol. The van der Waals surface area contributed by atoms with E-state index in [1.54, 1.807) is 19.1 Å². The minimum absolute atomic E-state index is 0.0198. The quantitative estimate of drug-likeness (QED) is 0.817. The Hall–Kier alpha value is -1.12. The Morgan fingerprint density at radius 3 is 2.24 bits per heavy atom. The van der Waals surface area contributed by atoms with E-state index in [9.17, 15) is 16.8 Å². The normalized spacial score (nSPS) is 25.1. The number of benzene rings is 1. The molecule has 0 aliphatic carbocycles. The second kappa shape index (κ2) is 5.26. The molecule has 1 aromatic rings. The van der Waals surface area contributed by atoms with Gasteiger partial charge in [0, 0.05) is 12.6 Å². The molecule has 0 bridgehead atoms. The van der Waals surface area contributed by atoms with E-state index in [2.05, 4.69) is 0 Å². The van der Waals surface area contributed by atoms with Crippen molar-refractivity contribution >= 4 is 19.9 Å². The Kier molecular flexibility index (Phi) is 4.07. The van der Waals surface area contributed by atoms with Gasteiger partial charge in [0.2, 0.25) is 10.0 Å². The average Bonchev–Trinajstić information content (AvgIpc) is 2.73. The third-order valence-corrected chi connectivity index (χ3v) is 7.88. The fraction of sp³-hybridized carbons (Fsp3) is 0.538. The number of hydrogen-bond donors (Lipinski definition) is 0. The van der Waals surface area contributed by atoms with Crippen molar-refractivity contribution in [1.29, 1.82) is 0 Å². The number of nitrogens with zero attached hydrogens (tertiary/aromatic N) is 1. The van der Waals surface area contributed by atoms with E-state index < -0.39 is 25.4 Å². The van der Waals surface area contributed by atoms with Crippen LogP contribution in [0.1, 0.15) is 13.3 Å². The second-order valence-electron chi connectivity index (χ2n) is 5.49. The van der Waals surface area contributed by atoms with E-state index >= 15 is 0 Å². The van der Waals surface area contributed by atoms with Crippen LogP contribution < -0.4 is 4.74 Å². The number of hydrogen-bond acceptors (Lipinski definition) is 5. The molecule has 1 saturated heterocycles. The highest BCUT2D eigenvalue weighted by Gasteiger charge is 2.46. The van der Waals surface area contributed by atoms with Crippen LogP contribution >= 0.6 is 0 Å². The maximum atomic E-state index is 12.6. The van der Waals surface area contributed by atoms with Crippen LogP contribution in [0.2, 0.25) is 0 Å². The summed E-state index contributed by atoms with van der Waals surface area (Å²) >= 11 is 0. The van der Waals surface area contributed by atoms with Crippen molar-refractivity contribution in [3.8, 4) is 5.75 Å². The molecule has 118 valence electrons. The number of sulfone groups is 1. The lowest BCUT2D eigenvalue weighted by Crippen LogP contribution is -2.48. The van der Waals surface area contributed by atoms with Gasteiger partial charge in [-0.3, -0.25) is 0 Å². The molecule has 0 N–H and O–H groups in total. The van der Waals surface area contributed by atoms with Gasteiger partial charge in [-0.15, -0.1) is 0 Å². The molecule has 6 nitrogen and oxygen atoms in total. The zero-order valence-corrected chi connectivity index (χ0v) is 13.9. The first-order chi connectivity index (χ1) is 9.61. The van der Waals surface area contributed by atoms with Crippen LogP contribution in [-0.4, -0.2) is 52.3 Å². The minimum Gasteiger partial charge on any atom is -0.497 e. The fourth-order valence-electron chi connectivity index (χ4n) is 2.44. The largest absolute Gasteiger partial charge is 0.497 e. The Morgan fingerprint density at radius 2 is 1.81 bits per heavy atom. The lowest BCUT2D eigenvalue weighted by molar-refractivity contribution is 0.272. The predicted molar refractivity (Wildman–Crippen MR) is 79.6 cm³/mol. The smallest absolute Gasteiger partial charge is 0.243 e. The first kappa shape index (κ1) is 16.3. The summed E-state index contributed by atoms with van der Waals surface area (Å²) in [7, 11) is -3.99. The van der Waals surface area contributed by atoms with Crippen LogP contribution in [0.4, 0.5) is 0 Å². The van der Waals surface area contributed by atoms with Gasteiger partial charge < -0.3 is 4.74 Å². The Bertz CT molecular complexity index is 724. The van der Waals surface area contributed by atoms with Crippen molar-refractivity contribution in [3.05, 3.63) is 24.3 Å². The van der Waals surface area contributed by atoms with Crippen LogP contribution in [0.3, 0.4) is 0 Å². The zero-order valence-electron chi connectivity index (χ0n) is 12.2. The maximum absolute atomic E-state index is 12.6. The fourth-order valence-corrected chi connectivity index (χ4v) is 6.23. The number of sulfonamides is 1. The van der Waals surface area contributed by atoms with Gasteiger partial charge in [0.15, 0.2) is 9.84 Å². The highest BCUT2D eigenvalue weighted by atomic mass is 32.2. The van der Waals surface area contributed by atoms with E-state index in [0.717, 1.165) is 0 Å². The van der Waals surface area contributed by atoms with E-state index in [4.69, 9.17) is 4.74 Å². The summed E-state index contributed by atoms with van der Waals surface area (Å²) in [5.74, 6) is 0.434. The van der Waals surface area contributed by atoms with Gasteiger partial charge >= 0.3 is 0 Å². The van der Waals surface area contributed by atoms with Gasteiger partial charge in [0.1, 0.15) is 5.75 Å². The molecule has 0 spiro atoms. The number of rotatable bonds is 4. The van der Waals surface area contributed by atoms with Crippen molar-refractivity contribution in [2.24, 2.45) is 0 Å². The molecule has 0 saturated carbocycles. The van der Waals surface area contributed by atoms with Crippen molar-refractivity contribution in [2.75, 3.05) is 25.7 Å². The van der Waals surface area contributed by atoms with Crippen LogP contribution in [0.5, 0.6) is 5.75 Å². The third-order valence-electron chi connectivity index (χ3n) is 3.96.